The minimum absolute atomic E-state index is 0.669. The third kappa shape index (κ3) is 1.15. The minimum atomic E-state index is 0.669. The number of nitrogens with zero attached hydrogens (tertiary/aromatic N) is 2. The summed E-state index contributed by atoms with van der Waals surface area (Å²) in [5.41, 5.74) is 2.61. The maximum absolute atomic E-state index is 4.52. The molecule has 1 aromatic rings. The second-order valence-corrected chi connectivity index (χ2v) is 3.68. The Balaban J connectivity index is 2.36. The van der Waals surface area contributed by atoms with Crippen molar-refractivity contribution in [2.75, 3.05) is 0 Å². The van der Waals surface area contributed by atoms with E-state index < -0.39 is 0 Å². The Morgan fingerprint density at radius 3 is 3.25 bits per heavy atom. The van der Waals surface area contributed by atoms with Crippen LogP contribution in [0, 0.1) is 6.92 Å². The summed E-state index contributed by atoms with van der Waals surface area (Å²) in [4.78, 5) is 0. The van der Waals surface area contributed by atoms with Gasteiger partial charge in [-0.1, -0.05) is 6.92 Å². The summed E-state index contributed by atoms with van der Waals surface area (Å²) in [5, 5.41) is 4.52. The molecule has 1 atom stereocenters. The van der Waals surface area contributed by atoms with E-state index in [9.17, 15) is 0 Å². The molecule has 0 N–H and O–H groups in total. The molecule has 1 aromatic heterocycles. The number of hydrogen-bond acceptors (Lipinski definition) is 1. The van der Waals surface area contributed by atoms with Crippen LogP contribution in [0.3, 0.4) is 0 Å². The Morgan fingerprint density at radius 2 is 2.50 bits per heavy atom. The zero-order valence-corrected chi connectivity index (χ0v) is 7.88. The molecule has 2 rings (SSSR count). The molecule has 0 radical (unpaired) electrons. The van der Waals surface area contributed by atoms with Crippen molar-refractivity contribution in [2.45, 2.75) is 45.6 Å². The van der Waals surface area contributed by atoms with E-state index in [2.05, 4.69) is 29.7 Å². The van der Waals surface area contributed by atoms with Gasteiger partial charge in [-0.15, -0.1) is 0 Å². The van der Waals surface area contributed by atoms with Crippen molar-refractivity contribution in [1.29, 1.82) is 0 Å². The number of aryl methyl sites for hydroxylation is 2. The smallest absolute Gasteiger partial charge is 0.0596 e. The maximum atomic E-state index is 4.52. The summed E-state index contributed by atoms with van der Waals surface area (Å²) in [6.45, 7) is 4.33. The lowest BCUT2D eigenvalue weighted by molar-refractivity contribution is 0.356. The number of rotatable bonds is 1. The zero-order chi connectivity index (χ0) is 8.55. The molecular formula is C10H16N2. The van der Waals surface area contributed by atoms with E-state index in [0.29, 0.717) is 6.04 Å². The van der Waals surface area contributed by atoms with Gasteiger partial charge in [-0.3, -0.25) is 4.68 Å². The molecule has 2 heterocycles. The predicted molar refractivity (Wildman–Crippen MR) is 49.2 cm³/mol. The van der Waals surface area contributed by atoms with Gasteiger partial charge in [0, 0.05) is 5.69 Å². The van der Waals surface area contributed by atoms with Crippen LogP contribution >= 0.6 is 0 Å². The van der Waals surface area contributed by atoms with Gasteiger partial charge in [0.05, 0.1) is 11.7 Å². The molecule has 12 heavy (non-hydrogen) atoms. The summed E-state index contributed by atoms with van der Waals surface area (Å²) in [6, 6.07) is 2.89. The van der Waals surface area contributed by atoms with Crippen molar-refractivity contribution in [3.63, 3.8) is 0 Å². The van der Waals surface area contributed by atoms with Crippen LogP contribution in [0.5, 0.6) is 0 Å². The second kappa shape index (κ2) is 2.92. The monoisotopic (exact) mass is 164 g/mol. The van der Waals surface area contributed by atoms with Gasteiger partial charge in [0.15, 0.2) is 0 Å². The zero-order valence-electron chi connectivity index (χ0n) is 7.88. The van der Waals surface area contributed by atoms with Crippen molar-refractivity contribution < 1.29 is 0 Å². The van der Waals surface area contributed by atoms with Gasteiger partial charge in [-0.25, -0.2) is 0 Å². The van der Waals surface area contributed by atoms with Crippen molar-refractivity contribution in [3.8, 4) is 0 Å². The largest absolute Gasteiger partial charge is 0.266 e. The molecule has 1 unspecified atom stereocenters. The Labute approximate surface area is 73.6 Å². The fourth-order valence-corrected chi connectivity index (χ4v) is 2.09. The predicted octanol–water partition coefficient (Wildman–Crippen LogP) is 2.48. The lowest BCUT2D eigenvalue weighted by atomic mass is 10.0. The van der Waals surface area contributed by atoms with Gasteiger partial charge >= 0.3 is 0 Å². The Hall–Kier alpha value is -0.790. The molecule has 0 bridgehead atoms. The molecule has 0 saturated carbocycles. The van der Waals surface area contributed by atoms with E-state index in [1.165, 1.54) is 37.1 Å². The van der Waals surface area contributed by atoms with Crippen molar-refractivity contribution >= 4 is 0 Å². The van der Waals surface area contributed by atoms with Crippen LogP contribution in [0.1, 0.15) is 43.6 Å². The fraction of sp³-hybridized carbons (Fsp3) is 0.700. The first-order valence-electron chi connectivity index (χ1n) is 4.86. The first kappa shape index (κ1) is 7.84. The highest BCUT2D eigenvalue weighted by Crippen LogP contribution is 2.26. The topological polar surface area (TPSA) is 17.8 Å². The average Bonchev–Trinajstić information content (AvgIpc) is 2.44. The summed E-state index contributed by atoms with van der Waals surface area (Å²) in [7, 11) is 0. The highest BCUT2D eigenvalue weighted by molar-refractivity contribution is 5.11. The van der Waals surface area contributed by atoms with E-state index >= 15 is 0 Å². The molecule has 0 aliphatic carbocycles. The first-order valence-corrected chi connectivity index (χ1v) is 4.86. The van der Waals surface area contributed by atoms with Crippen molar-refractivity contribution in [3.05, 3.63) is 17.5 Å². The van der Waals surface area contributed by atoms with E-state index in [4.69, 9.17) is 0 Å². The highest BCUT2D eigenvalue weighted by atomic mass is 15.3. The first-order chi connectivity index (χ1) is 5.81. The van der Waals surface area contributed by atoms with Gasteiger partial charge < -0.3 is 0 Å². The molecule has 1 aliphatic rings. The quantitative estimate of drug-likeness (QED) is 0.623. The number of hydrogen-bond donors (Lipinski definition) is 0. The van der Waals surface area contributed by atoms with Gasteiger partial charge in [0.1, 0.15) is 0 Å². The van der Waals surface area contributed by atoms with Gasteiger partial charge in [-0.2, -0.15) is 5.10 Å². The third-order valence-electron chi connectivity index (χ3n) is 2.72. The van der Waals surface area contributed by atoms with Crippen LogP contribution < -0.4 is 0 Å². The van der Waals surface area contributed by atoms with Crippen LogP contribution in [0.25, 0.3) is 0 Å². The van der Waals surface area contributed by atoms with E-state index in [-0.39, 0.29) is 0 Å². The summed E-state index contributed by atoms with van der Waals surface area (Å²) >= 11 is 0. The van der Waals surface area contributed by atoms with Gasteiger partial charge in [0.2, 0.25) is 0 Å². The molecule has 0 aromatic carbocycles. The second-order valence-electron chi connectivity index (χ2n) is 3.68. The normalized spacial score (nSPS) is 22.3. The Kier molecular flexibility index (Phi) is 1.91. The average molecular weight is 164 g/mol. The van der Waals surface area contributed by atoms with Gasteiger partial charge in [-0.05, 0) is 38.7 Å². The standard InChI is InChI=1S/C10H16N2/c1-3-9-5-4-6-10-7-8(2)11-12(9)10/h7,9H,3-6H2,1-2H3. The van der Waals surface area contributed by atoms with Crippen LogP contribution in [-0.2, 0) is 6.42 Å². The van der Waals surface area contributed by atoms with Crippen LogP contribution in [-0.4, -0.2) is 9.78 Å². The van der Waals surface area contributed by atoms with E-state index in [0.717, 1.165) is 0 Å². The third-order valence-corrected chi connectivity index (χ3v) is 2.72. The molecule has 0 saturated heterocycles. The lowest BCUT2D eigenvalue weighted by Gasteiger charge is -2.23. The van der Waals surface area contributed by atoms with E-state index in [1.807, 2.05) is 0 Å². The van der Waals surface area contributed by atoms with Crippen molar-refractivity contribution in [2.24, 2.45) is 0 Å². The SMILES string of the molecule is CCC1CCCc2cc(C)nn21. The molecule has 2 heteroatoms. The highest BCUT2D eigenvalue weighted by Gasteiger charge is 2.18. The fourth-order valence-electron chi connectivity index (χ4n) is 2.09. The maximum Gasteiger partial charge on any atom is 0.0596 e. The minimum Gasteiger partial charge on any atom is -0.266 e. The number of fused-ring (bicyclic) bond motifs is 1. The Bertz CT molecular complexity index is 275. The van der Waals surface area contributed by atoms with Gasteiger partial charge in [0.25, 0.3) is 0 Å². The molecule has 0 spiro atoms. The van der Waals surface area contributed by atoms with Crippen LogP contribution in [0.2, 0.25) is 0 Å². The summed E-state index contributed by atoms with van der Waals surface area (Å²) in [5.74, 6) is 0. The molecule has 2 nitrogen and oxygen atoms in total. The van der Waals surface area contributed by atoms with E-state index in [1.54, 1.807) is 0 Å². The van der Waals surface area contributed by atoms with Crippen LogP contribution in [0.4, 0.5) is 0 Å². The molecule has 1 aliphatic heterocycles. The summed E-state index contributed by atoms with van der Waals surface area (Å²) < 4.78 is 2.23. The molecular weight excluding hydrogens is 148 g/mol. The molecule has 0 amide bonds. The summed E-state index contributed by atoms with van der Waals surface area (Å²) in [6.07, 6.45) is 5.08. The van der Waals surface area contributed by atoms with Crippen molar-refractivity contribution in [1.82, 2.24) is 9.78 Å². The lowest BCUT2D eigenvalue weighted by Crippen LogP contribution is -2.17. The molecule has 0 fully saturated rings. The Morgan fingerprint density at radius 1 is 1.67 bits per heavy atom. The number of aromatic nitrogens is 2. The van der Waals surface area contributed by atoms with Crippen LogP contribution in [0.15, 0.2) is 6.07 Å². The molecule has 66 valence electrons.